The number of para-hydroxylation sites is 2. The van der Waals surface area contributed by atoms with E-state index < -0.39 is 0 Å². The third-order valence-corrected chi connectivity index (χ3v) is 8.59. The third-order valence-electron chi connectivity index (χ3n) is 8.59. The predicted molar refractivity (Wildman–Crippen MR) is 172 cm³/mol. The summed E-state index contributed by atoms with van der Waals surface area (Å²) in [6.45, 7) is 0. The second kappa shape index (κ2) is 8.60. The van der Waals surface area contributed by atoms with Crippen molar-refractivity contribution in [2.45, 2.75) is 0 Å². The van der Waals surface area contributed by atoms with E-state index in [1.54, 1.807) is 0 Å². The number of hydrogen-bond acceptors (Lipinski definition) is 3. The standard InChI is InChI=1S/C38H20N4O/c39-21-23-9-13-25(14-10-23)41-31-7-3-1-5-29(31)35-33(41)19-17-27-28-18-20-34-36(38(28)43-37(27)35)30-6-2-4-8-32(30)42(34)26-15-11-24(22-40)12-16-26/h1-20H. The minimum Gasteiger partial charge on any atom is -0.455 e. The molecule has 0 aliphatic rings. The maximum absolute atomic E-state index is 9.34. The van der Waals surface area contributed by atoms with E-state index in [0.717, 1.165) is 76.9 Å². The van der Waals surface area contributed by atoms with Gasteiger partial charge >= 0.3 is 0 Å². The summed E-state index contributed by atoms with van der Waals surface area (Å²) in [7, 11) is 0. The Balaban J connectivity index is 1.40. The third kappa shape index (κ3) is 3.14. The molecule has 0 aliphatic heterocycles. The van der Waals surface area contributed by atoms with E-state index in [1.165, 1.54) is 0 Å². The Labute approximate surface area is 245 Å². The molecule has 6 aromatic carbocycles. The lowest BCUT2D eigenvalue weighted by atomic mass is 10.1. The van der Waals surface area contributed by atoms with Crippen molar-refractivity contribution in [3.63, 3.8) is 0 Å². The molecule has 0 spiro atoms. The average Bonchev–Trinajstić information content (AvgIpc) is 3.72. The highest BCUT2D eigenvalue weighted by Crippen LogP contribution is 2.44. The zero-order valence-electron chi connectivity index (χ0n) is 22.7. The van der Waals surface area contributed by atoms with Crippen molar-refractivity contribution in [1.29, 1.82) is 10.5 Å². The molecule has 0 atom stereocenters. The largest absolute Gasteiger partial charge is 0.455 e. The summed E-state index contributed by atoms with van der Waals surface area (Å²) in [5.41, 5.74) is 9.24. The van der Waals surface area contributed by atoms with Crippen molar-refractivity contribution in [3.05, 3.63) is 132 Å². The van der Waals surface area contributed by atoms with E-state index in [-0.39, 0.29) is 0 Å². The summed E-state index contributed by atoms with van der Waals surface area (Å²) < 4.78 is 11.4. The molecule has 5 nitrogen and oxygen atoms in total. The first-order valence-corrected chi connectivity index (χ1v) is 14.1. The molecular weight excluding hydrogens is 528 g/mol. The van der Waals surface area contributed by atoms with E-state index in [0.29, 0.717) is 11.1 Å². The van der Waals surface area contributed by atoms with E-state index in [9.17, 15) is 10.5 Å². The van der Waals surface area contributed by atoms with E-state index in [1.807, 2.05) is 48.5 Å². The average molecular weight is 549 g/mol. The molecule has 198 valence electrons. The number of aromatic nitrogens is 2. The maximum Gasteiger partial charge on any atom is 0.145 e. The normalized spacial score (nSPS) is 11.7. The molecule has 3 heterocycles. The number of nitrogens with zero attached hydrogens (tertiary/aromatic N) is 4. The van der Waals surface area contributed by atoms with Crippen molar-refractivity contribution in [2.24, 2.45) is 0 Å². The van der Waals surface area contributed by atoms with Crippen molar-refractivity contribution in [2.75, 3.05) is 0 Å². The van der Waals surface area contributed by atoms with E-state index in [4.69, 9.17) is 4.42 Å². The Bertz CT molecular complexity index is 2490. The predicted octanol–water partition coefficient (Wildman–Crippen LogP) is 9.52. The number of fused-ring (bicyclic) bond motifs is 11. The fourth-order valence-electron chi connectivity index (χ4n) is 6.72. The van der Waals surface area contributed by atoms with Gasteiger partial charge in [0.15, 0.2) is 0 Å². The molecule has 0 saturated carbocycles. The fourth-order valence-corrected chi connectivity index (χ4v) is 6.72. The van der Waals surface area contributed by atoms with Gasteiger partial charge < -0.3 is 13.6 Å². The van der Waals surface area contributed by atoms with Crippen molar-refractivity contribution >= 4 is 65.6 Å². The van der Waals surface area contributed by atoms with E-state index >= 15 is 0 Å². The summed E-state index contributed by atoms with van der Waals surface area (Å²) in [4.78, 5) is 0. The van der Waals surface area contributed by atoms with Crippen LogP contribution in [-0.4, -0.2) is 9.13 Å². The Morgan fingerprint density at radius 2 is 0.837 bits per heavy atom. The maximum atomic E-state index is 9.34. The lowest BCUT2D eigenvalue weighted by Crippen LogP contribution is -1.93. The topological polar surface area (TPSA) is 70.6 Å². The molecule has 0 amide bonds. The lowest BCUT2D eigenvalue weighted by Gasteiger charge is -2.07. The van der Waals surface area contributed by atoms with Gasteiger partial charge in [-0.2, -0.15) is 10.5 Å². The summed E-state index contributed by atoms with van der Waals surface area (Å²) >= 11 is 0. The molecule has 0 N–H and O–H groups in total. The highest BCUT2D eigenvalue weighted by molar-refractivity contribution is 6.28. The fraction of sp³-hybridized carbons (Fsp3) is 0. The van der Waals surface area contributed by atoms with Crippen LogP contribution in [0.5, 0.6) is 0 Å². The molecule has 9 rings (SSSR count). The van der Waals surface area contributed by atoms with Crippen LogP contribution in [0.1, 0.15) is 11.1 Å². The highest BCUT2D eigenvalue weighted by Gasteiger charge is 2.22. The summed E-state index contributed by atoms with van der Waals surface area (Å²) in [6, 6.07) is 45.3. The number of nitriles is 2. The Morgan fingerprint density at radius 1 is 0.419 bits per heavy atom. The van der Waals surface area contributed by atoms with Crippen LogP contribution in [-0.2, 0) is 0 Å². The summed E-state index contributed by atoms with van der Waals surface area (Å²) in [5, 5.41) is 25.2. The highest BCUT2D eigenvalue weighted by atomic mass is 16.3. The first-order valence-electron chi connectivity index (χ1n) is 14.1. The van der Waals surface area contributed by atoms with Crippen LogP contribution < -0.4 is 0 Å². The van der Waals surface area contributed by atoms with Gasteiger partial charge in [-0.1, -0.05) is 36.4 Å². The Morgan fingerprint density at radius 3 is 1.26 bits per heavy atom. The molecule has 5 heteroatoms. The zero-order chi connectivity index (χ0) is 28.7. The van der Waals surface area contributed by atoms with Gasteiger partial charge in [0.2, 0.25) is 0 Å². The van der Waals surface area contributed by atoms with Crippen LogP contribution in [0.25, 0.3) is 76.9 Å². The summed E-state index contributed by atoms with van der Waals surface area (Å²) in [6.07, 6.45) is 0. The van der Waals surface area contributed by atoms with Gasteiger partial charge in [-0.05, 0) is 84.9 Å². The number of furan rings is 1. The molecule has 0 radical (unpaired) electrons. The Kier molecular flexibility index (Phi) is 4.68. The second-order valence-corrected chi connectivity index (χ2v) is 10.8. The molecule has 0 saturated heterocycles. The van der Waals surface area contributed by atoms with Gasteiger partial charge in [0.25, 0.3) is 0 Å². The first kappa shape index (κ1) is 23.4. The second-order valence-electron chi connectivity index (χ2n) is 10.8. The van der Waals surface area contributed by atoms with E-state index in [2.05, 4.69) is 94.1 Å². The minimum atomic E-state index is 0.633. The van der Waals surface area contributed by atoms with Gasteiger partial charge in [0.05, 0.1) is 56.1 Å². The first-order chi connectivity index (χ1) is 21.2. The molecular formula is C38H20N4O. The van der Waals surface area contributed by atoms with Crippen LogP contribution in [0, 0.1) is 22.7 Å². The molecule has 0 unspecified atom stereocenters. The monoisotopic (exact) mass is 548 g/mol. The number of hydrogen-bond donors (Lipinski definition) is 0. The van der Waals surface area contributed by atoms with Gasteiger partial charge in [-0.3, -0.25) is 0 Å². The Hall–Kier alpha value is -6.30. The SMILES string of the molecule is N#Cc1ccc(-n2c3ccccc3c3c4oc5c(ccc6c5c5ccccc5n6-c5ccc(C#N)cc5)c4ccc32)cc1. The van der Waals surface area contributed by atoms with Gasteiger partial charge in [-0.15, -0.1) is 0 Å². The van der Waals surface area contributed by atoms with Crippen molar-refractivity contribution in [3.8, 4) is 23.5 Å². The van der Waals surface area contributed by atoms with Gasteiger partial charge in [0.1, 0.15) is 11.2 Å². The van der Waals surface area contributed by atoms with Gasteiger partial charge in [0, 0.05) is 32.9 Å². The molecule has 43 heavy (non-hydrogen) atoms. The lowest BCUT2D eigenvalue weighted by molar-refractivity contribution is 0.677. The molecule has 0 aliphatic carbocycles. The number of rotatable bonds is 2. The summed E-state index contributed by atoms with van der Waals surface area (Å²) in [5.74, 6) is 0. The quantitative estimate of drug-likeness (QED) is 0.216. The minimum absolute atomic E-state index is 0.633. The van der Waals surface area contributed by atoms with Crippen molar-refractivity contribution in [1.82, 2.24) is 9.13 Å². The molecule has 3 aromatic heterocycles. The zero-order valence-corrected chi connectivity index (χ0v) is 22.7. The van der Waals surface area contributed by atoms with Crippen LogP contribution in [0.4, 0.5) is 0 Å². The number of benzene rings is 6. The van der Waals surface area contributed by atoms with Crippen LogP contribution in [0.3, 0.4) is 0 Å². The smallest absolute Gasteiger partial charge is 0.145 e. The van der Waals surface area contributed by atoms with Gasteiger partial charge in [-0.25, -0.2) is 0 Å². The van der Waals surface area contributed by atoms with Crippen LogP contribution in [0.2, 0.25) is 0 Å². The van der Waals surface area contributed by atoms with Crippen LogP contribution >= 0.6 is 0 Å². The molecule has 9 aromatic rings. The molecule has 0 bridgehead atoms. The van der Waals surface area contributed by atoms with Crippen molar-refractivity contribution < 1.29 is 4.42 Å². The van der Waals surface area contributed by atoms with Crippen LogP contribution in [0.15, 0.2) is 126 Å². The molecule has 0 fully saturated rings.